The molecule has 2 aliphatic rings. The van der Waals surface area contributed by atoms with Crippen LogP contribution in [-0.4, -0.2) is 22.0 Å². The quantitative estimate of drug-likeness (QED) is 0.912. The van der Waals surface area contributed by atoms with Crippen molar-refractivity contribution in [2.24, 2.45) is 23.7 Å². The first kappa shape index (κ1) is 13.7. The molecule has 2 bridgehead atoms. The van der Waals surface area contributed by atoms with Crippen molar-refractivity contribution in [3.05, 3.63) is 24.3 Å². The molecular formula is C16H16N2O3S. The third-order valence-corrected chi connectivity index (χ3v) is 5.98. The van der Waals surface area contributed by atoms with E-state index < -0.39 is 17.8 Å². The average molecular weight is 316 g/mol. The lowest BCUT2D eigenvalue weighted by atomic mass is 9.79. The predicted molar refractivity (Wildman–Crippen MR) is 83.7 cm³/mol. The molecule has 1 aromatic heterocycles. The van der Waals surface area contributed by atoms with Gasteiger partial charge in [-0.2, -0.15) is 0 Å². The van der Waals surface area contributed by atoms with Crippen molar-refractivity contribution in [1.29, 1.82) is 0 Å². The number of fused-ring (bicyclic) bond motifs is 3. The van der Waals surface area contributed by atoms with Crippen molar-refractivity contribution in [1.82, 2.24) is 4.98 Å². The van der Waals surface area contributed by atoms with Crippen LogP contribution in [0.1, 0.15) is 19.3 Å². The number of aliphatic carboxylic acids is 1. The second kappa shape index (κ2) is 5.05. The molecule has 2 saturated carbocycles. The van der Waals surface area contributed by atoms with E-state index in [4.69, 9.17) is 0 Å². The minimum absolute atomic E-state index is 0.161. The van der Waals surface area contributed by atoms with Gasteiger partial charge in [0, 0.05) is 0 Å². The van der Waals surface area contributed by atoms with E-state index in [2.05, 4.69) is 10.3 Å². The Bertz CT molecular complexity index is 724. The number of thiazole rings is 1. The summed E-state index contributed by atoms with van der Waals surface area (Å²) < 4.78 is 1.01. The van der Waals surface area contributed by atoms with Gasteiger partial charge in [0.05, 0.1) is 22.1 Å². The fourth-order valence-corrected chi connectivity index (χ4v) is 5.01. The number of carbonyl (C=O) groups is 2. The van der Waals surface area contributed by atoms with Gasteiger partial charge in [0.2, 0.25) is 5.91 Å². The number of carboxylic acids is 1. The number of rotatable bonds is 3. The van der Waals surface area contributed by atoms with Crippen LogP contribution in [0.25, 0.3) is 10.2 Å². The van der Waals surface area contributed by atoms with Crippen molar-refractivity contribution in [2.75, 3.05) is 5.32 Å². The Hall–Kier alpha value is -1.95. The van der Waals surface area contributed by atoms with Crippen LogP contribution in [0, 0.1) is 23.7 Å². The van der Waals surface area contributed by atoms with Gasteiger partial charge in [0.25, 0.3) is 0 Å². The van der Waals surface area contributed by atoms with Crippen LogP contribution in [0.5, 0.6) is 0 Å². The third-order valence-electron chi connectivity index (χ3n) is 5.03. The number of nitrogens with zero attached hydrogens (tertiary/aromatic N) is 1. The van der Waals surface area contributed by atoms with Crippen LogP contribution in [-0.2, 0) is 9.59 Å². The van der Waals surface area contributed by atoms with Crippen molar-refractivity contribution in [2.45, 2.75) is 19.3 Å². The number of carboxylic acid groups (broad SMARTS) is 1. The number of amides is 1. The highest BCUT2D eigenvalue weighted by Crippen LogP contribution is 2.52. The maximum Gasteiger partial charge on any atom is 0.307 e. The van der Waals surface area contributed by atoms with Gasteiger partial charge in [-0.3, -0.25) is 9.59 Å². The Morgan fingerprint density at radius 2 is 1.91 bits per heavy atom. The second-order valence-electron chi connectivity index (χ2n) is 6.20. The number of benzene rings is 1. The number of nitrogens with one attached hydrogen (secondary N) is 1. The molecule has 114 valence electrons. The van der Waals surface area contributed by atoms with Gasteiger partial charge in [0.1, 0.15) is 0 Å². The molecule has 2 aliphatic carbocycles. The Kier molecular flexibility index (Phi) is 3.14. The molecule has 2 N–H and O–H groups in total. The maximum absolute atomic E-state index is 12.6. The van der Waals surface area contributed by atoms with Crippen LogP contribution >= 0.6 is 11.3 Å². The van der Waals surface area contributed by atoms with Gasteiger partial charge in [-0.25, -0.2) is 4.98 Å². The van der Waals surface area contributed by atoms with Gasteiger partial charge < -0.3 is 10.4 Å². The first-order chi connectivity index (χ1) is 10.6. The molecule has 2 fully saturated rings. The molecule has 5 nitrogen and oxygen atoms in total. The lowest BCUT2D eigenvalue weighted by Crippen LogP contribution is -2.37. The standard InChI is InChI=1S/C16H16N2O3S/c19-14(12-8-5-6-9(7-8)13(12)15(20)21)18-16-17-10-3-1-2-4-11(10)22-16/h1-4,8-9,12-13H,5-7H2,(H,20,21)(H,17,18,19)/t8-,9+,12+,13+/m1/s1. The monoisotopic (exact) mass is 316 g/mol. The molecule has 2 aromatic rings. The van der Waals surface area contributed by atoms with Crippen LogP contribution in [0.4, 0.5) is 5.13 Å². The Balaban J connectivity index is 1.57. The molecule has 6 heteroatoms. The highest BCUT2D eigenvalue weighted by atomic mass is 32.1. The molecule has 1 heterocycles. The molecule has 0 saturated heterocycles. The number of para-hydroxylation sites is 1. The zero-order valence-corrected chi connectivity index (χ0v) is 12.7. The van der Waals surface area contributed by atoms with Gasteiger partial charge in [-0.05, 0) is 43.2 Å². The lowest BCUT2D eigenvalue weighted by Gasteiger charge is -2.26. The Labute approximate surface area is 131 Å². The van der Waals surface area contributed by atoms with Gasteiger partial charge in [-0.1, -0.05) is 23.5 Å². The summed E-state index contributed by atoms with van der Waals surface area (Å²) in [7, 11) is 0. The summed E-state index contributed by atoms with van der Waals surface area (Å²) in [5, 5.41) is 12.8. The van der Waals surface area contributed by atoms with E-state index in [1.54, 1.807) is 0 Å². The number of aromatic nitrogens is 1. The topological polar surface area (TPSA) is 79.3 Å². The molecule has 0 unspecified atom stereocenters. The molecule has 0 radical (unpaired) electrons. The van der Waals surface area contributed by atoms with E-state index in [-0.39, 0.29) is 17.7 Å². The smallest absolute Gasteiger partial charge is 0.307 e. The van der Waals surface area contributed by atoms with Crippen molar-refractivity contribution < 1.29 is 14.7 Å². The third kappa shape index (κ3) is 2.09. The fourth-order valence-electron chi connectivity index (χ4n) is 4.14. The summed E-state index contributed by atoms with van der Waals surface area (Å²) in [5.74, 6) is -1.60. The van der Waals surface area contributed by atoms with Crippen LogP contribution in [0.15, 0.2) is 24.3 Å². The number of carbonyl (C=O) groups excluding carboxylic acids is 1. The number of hydrogen-bond donors (Lipinski definition) is 2. The first-order valence-electron chi connectivity index (χ1n) is 7.53. The average Bonchev–Trinajstić information content (AvgIpc) is 3.19. The summed E-state index contributed by atoms with van der Waals surface area (Å²) in [6, 6.07) is 7.70. The summed E-state index contributed by atoms with van der Waals surface area (Å²) >= 11 is 1.42. The normalized spacial score (nSPS) is 29.8. The van der Waals surface area contributed by atoms with Crippen LogP contribution in [0.2, 0.25) is 0 Å². The van der Waals surface area contributed by atoms with Crippen LogP contribution < -0.4 is 5.32 Å². The number of hydrogen-bond acceptors (Lipinski definition) is 4. The lowest BCUT2D eigenvalue weighted by molar-refractivity contribution is -0.148. The van der Waals surface area contributed by atoms with E-state index in [1.165, 1.54) is 11.3 Å². The van der Waals surface area contributed by atoms with E-state index in [0.29, 0.717) is 5.13 Å². The highest BCUT2D eigenvalue weighted by Gasteiger charge is 2.54. The summed E-state index contributed by atoms with van der Waals surface area (Å²) in [4.78, 5) is 28.5. The molecular weight excluding hydrogens is 300 g/mol. The van der Waals surface area contributed by atoms with E-state index in [0.717, 1.165) is 29.5 Å². The SMILES string of the molecule is O=C(O)[C@H]1[C@H]2CC[C@H](C2)[C@@H]1C(=O)Nc1nc2ccccc2s1. The fraction of sp³-hybridized carbons (Fsp3) is 0.438. The largest absolute Gasteiger partial charge is 0.481 e. The molecule has 0 spiro atoms. The van der Waals surface area contributed by atoms with Gasteiger partial charge in [-0.15, -0.1) is 0 Å². The minimum Gasteiger partial charge on any atom is -0.481 e. The Morgan fingerprint density at radius 1 is 1.18 bits per heavy atom. The number of anilines is 1. The predicted octanol–water partition coefficient (Wildman–Crippen LogP) is 2.98. The first-order valence-corrected chi connectivity index (χ1v) is 8.34. The van der Waals surface area contributed by atoms with E-state index in [1.807, 2.05) is 24.3 Å². The van der Waals surface area contributed by atoms with Crippen molar-refractivity contribution in [3.63, 3.8) is 0 Å². The highest BCUT2D eigenvalue weighted by molar-refractivity contribution is 7.22. The van der Waals surface area contributed by atoms with Gasteiger partial charge >= 0.3 is 5.97 Å². The molecule has 0 aliphatic heterocycles. The van der Waals surface area contributed by atoms with E-state index in [9.17, 15) is 14.7 Å². The molecule has 1 aromatic carbocycles. The molecule has 4 rings (SSSR count). The molecule has 22 heavy (non-hydrogen) atoms. The van der Waals surface area contributed by atoms with Crippen LogP contribution in [0.3, 0.4) is 0 Å². The van der Waals surface area contributed by atoms with Gasteiger partial charge in [0.15, 0.2) is 5.13 Å². The summed E-state index contributed by atoms with van der Waals surface area (Å²) in [5.41, 5.74) is 0.852. The minimum atomic E-state index is -0.836. The van der Waals surface area contributed by atoms with Crippen molar-refractivity contribution in [3.8, 4) is 0 Å². The maximum atomic E-state index is 12.6. The van der Waals surface area contributed by atoms with E-state index >= 15 is 0 Å². The summed E-state index contributed by atoms with van der Waals surface area (Å²) in [6.45, 7) is 0. The molecule has 1 amide bonds. The summed E-state index contributed by atoms with van der Waals surface area (Å²) in [6.07, 6.45) is 2.77. The Morgan fingerprint density at radius 3 is 2.64 bits per heavy atom. The molecule has 4 atom stereocenters. The zero-order valence-electron chi connectivity index (χ0n) is 11.9. The second-order valence-corrected chi connectivity index (χ2v) is 7.23. The zero-order chi connectivity index (χ0) is 15.3. The van der Waals surface area contributed by atoms with Crippen molar-refractivity contribution >= 4 is 38.6 Å².